The molecule has 1 aliphatic rings. The van der Waals surface area contributed by atoms with E-state index in [0.717, 1.165) is 10.5 Å². The van der Waals surface area contributed by atoms with E-state index in [0.29, 0.717) is 16.9 Å². The number of carbonyl (C=O) groups excluding carboxylic acids is 2. The molecule has 3 heterocycles. The third-order valence-electron chi connectivity index (χ3n) is 6.03. The Morgan fingerprint density at radius 2 is 1.92 bits per heavy atom. The highest BCUT2D eigenvalue weighted by molar-refractivity contribution is 6.34. The molecule has 1 aromatic carbocycles. The molecular weight excluding hydrogens is 488 g/mol. The van der Waals surface area contributed by atoms with Gasteiger partial charge in [-0.3, -0.25) is 14.3 Å². The first kappa shape index (κ1) is 25.3. The predicted molar refractivity (Wildman–Crippen MR) is 132 cm³/mol. The molecule has 1 fully saturated rings. The lowest BCUT2D eigenvalue weighted by molar-refractivity contribution is -0.149. The van der Waals surface area contributed by atoms with Gasteiger partial charge in [-0.15, -0.1) is 0 Å². The number of aryl methyl sites for hydroxylation is 1. The summed E-state index contributed by atoms with van der Waals surface area (Å²) in [6.07, 6.45) is 2.87. The van der Waals surface area contributed by atoms with Crippen LogP contribution in [0.5, 0.6) is 0 Å². The molecular formula is C26H24ClF2N5O2. The molecule has 1 unspecified atom stereocenters. The highest BCUT2D eigenvalue weighted by atomic mass is 35.5. The summed E-state index contributed by atoms with van der Waals surface area (Å²) in [5.41, 5.74) is 2.19. The van der Waals surface area contributed by atoms with Crippen LogP contribution in [0.15, 0.2) is 48.8 Å². The van der Waals surface area contributed by atoms with E-state index >= 15 is 0 Å². The molecule has 0 saturated carbocycles. The number of benzene rings is 1. The standard InChI is InChI=1S/C26H24ClF2N5O2/c1-17-12-20(9-8-19-6-4-3-5-7-19)13-30-24(17)32-25(36)23-22(27)14-31-34(23)15-21-10-11-33(18(2)35)16-26(21,28)29/h3-7,12-14,21H,10-11,15-16H2,1-2H3,(H,30,32,36). The van der Waals surface area contributed by atoms with Gasteiger partial charge in [0.05, 0.1) is 24.3 Å². The van der Waals surface area contributed by atoms with Crippen LogP contribution in [0, 0.1) is 24.7 Å². The maximum absolute atomic E-state index is 14.7. The van der Waals surface area contributed by atoms with E-state index in [9.17, 15) is 18.4 Å². The molecule has 0 bridgehead atoms. The maximum Gasteiger partial charge on any atom is 0.276 e. The number of aromatic nitrogens is 3. The van der Waals surface area contributed by atoms with Crippen molar-refractivity contribution >= 4 is 29.2 Å². The zero-order valence-corrected chi connectivity index (χ0v) is 20.5. The lowest BCUT2D eigenvalue weighted by Crippen LogP contribution is -2.51. The molecule has 0 radical (unpaired) electrons. The van der Waals surface area contributed by atoms with Gasteiger partial charge in [0, 0.05) is 36.7 Å². The van der Waals surface area contributed by atoms with Crippen LogP contribution in [0.2, 0.25) is 5.02 Å². The third-order valence-corrected chi connectivity index (χ3v) is 6.31. The normalized spacial score (nSPS) is 16.7. The fourth-order valence-corrected chi connectivity index (χ4v) is 4.25. The Bertz CT molecular complexity index is 1350. The van der Waals surface area contributed by atoms with Crippen molar-refractivity contribution < 1.29 is 18.4 Å². The Labute approximate surface area is 212 Å². The van der Waals surface area contributed by atoms with Crippen LogP contribution in [-0.2, 0) is 11.3 Å². The summed E-state index contributed by atoms with van der Waals surface area (Å²) in [5, 5.41) is 6.79. The van der Waals surface area contributed by atoms with Crippen LogP contribution in [0.3, 0.4) is 0 Å². The van der Waals surface area contributed by atoms with Crippen molar-refractivity contribution in [3.8, 4) is 11.8 Å². The quantitative estimate of drug-likeness (QED) is 0.527. The number of halogens is 3. The van der Waals surface area contributed by atoms with Gasteiger partial charge in [-0.2, -0.15) is 5.10 Å². The van der Waals surface area contributed by atoms with E-state index in [-0.39, 0.29) is 30.2 Å². The van der Waals surface area contributed by atoms with E-state index < -0.39 is 30.2 Å². The van der Waals surface area contributed by atoms with Crippen molar-refractivity contribution in [1.29, 1.82) is 0 Å². The zero-order chi connectivity index (χ0) is 25.9. The second-order valence-electron chi connectivity index (χ2n) is 8.67. The number of nitrogens with one attached hydrogen (secondary N) is 1. The number of likely N-dealkylation sites (tertiary alicyclic amines) is 1. The van der Waals surface area contributed by atoms with Crippen molar-refractivity contribution in [2.45, 2.75) is 32.7 Å². The molecule has 2 amide bonds. The molecule has 1 atom stereocenters. The van der Waals surface area contributed by atoms with Crippen molar-refractivity contribution in [3.63, 3.8) is 0 Å². The van der Waals surface area contributed by atoms with Crippen LogP contribution < -0.4 is 5.32 Å². The summed E-state index contributed by atoms with van der Waals surface area (Å²) in [4.78, 5) is 30.0. The van der Waals surface area contributed by atoms with Gasteiger partial charge in [0.15, 0.2) is 0 Å². The monoisotopic (exact) mass is 511 g/mol. The Morgan fingerprint density at radius 1 is 1.19 bits per heavy atom. The number of anilines is 1. The second-order valence-corrected chi connectivity index (χ2v) is 9.08. The molecule has 0 aliphatic carbocycles. The Morgan fingerprint density at radius 3 is 2.58 bits per heavy atom. The molecule has 36 heavy (non-hydrogen) atoms. The van der Waals surface area contributed by atoms with Gasteiger partial charge in [0.2, 0.25) is 5.91 Å². The minimum Gasteiger partial charge on any atom is -0.337 e. The van der Waals surface area contributed by atoms with Crippen LogP contribution in [-0.4, -0.2) is 50.5 Å². The zero-order valence-electron chi connectivity index (χ0n) is 19.8. The highest BCUT2D eigenvalue weighted by Gasteiger charge is 2.45. The lowest BCUT2D eigenvalue weighted by atomic mass is 9.92. The molecule has 3 aromatic rings. The number of nitrogens with zero attached hydrogens (tertiary/aromatic N) is 4. The Kier molecular flexibility index (Phi) is 7.36. The first-order valence-corrected chi connectivity index (χ1v) is 11.7. The molecule has 10 heteroatoms. The maximum atomic E-state index is 14.7. The molecule has 0 spiro atoms. The number of hydrogen-bond acceptors (Lipinski definition) is 4. The van der Waals surface area contributed by atoms with Crippen LogP contribution in [0.25, 0.3) is 0 Å². The SMILES string of the molecule is CC(=O)N1CCC(Cn2ncc(Cl)c2C(=O)Nc2ncc(C#Cc3ccccc3)cc2C)C(F)(F)C1. The van der Waals surface area contributed by atoms with E-state index in [2.05, 4.69) is 27.2 Å². The number of carbonyl (C=O) groups is 2. The summed E-state index contributed by atoms with van der Waals surface area (Å²) >= 11 is 6.20. The van der Waals surface area contributed by atoms with E-state index in [1.807, 2.05) is 30.3 Å². The summed E-state index contributed by atoms with van der Waals surface area (Å²) in [5.74, 6) is 1.16. The minimum absolute atomic E-state index is 0.0318. The first-order valence-electron chi connectivity index (χ1n) is 11.3. The molecule has 1 N–H and O–H groups in total. The van der Waals surface area contributed by atoms with Gasteiger partial charge >= 0.3 is 0 Å². The molecule has 1 saturated heterocycles. The summed E-state index contributed by atoms with van der Waals surface area (Å²) in [6.45, 7) is 2.39. The number of amides is 2. The predicted octanol–water partition coefficient (Wildman–Crippen LogP) is 4.40. The average molecular weight is 512 g/mol. The van der Waals surface area contributed by atoms with Crippen LogP contribution in [0.4, 0.5) is 14.6 Å². The van der Waals surface area contributed by atoms with E-state index in [4.69, 9.17) is 11.6 Å². The number of alkyl halides is 2. The molecule has 7 nitrogen and oxygen atoms in total. The first-order chi connectivity index (χ1) is 17.1. The lowest BCUT2D eigenvalue weighted by Gasteiger charge is -2.38. The van der Waals surface area contributed by atoms with Crippen LogP contribution in [0.1, 0.15) is 40.5 Å². The van der Waals surface area contributed by atoms with Crippen molar-refractivity contribution in [2.75, 3.05) is 18.4 Å². The second kappa shape index (κ2) is 10.5. The van der Waals surface area contributed by atoms with Gasteiger partial charge < -0.3 is 10.2 Å². The van der Waals surface area contributed by atoms with E-state index in [1.165, 1.54) is 17.8 Å². The summed E-state index contributed by atoms with van der Waals surface area (Å²) in [6, 6.07) is 11.3. The van der Waals surface area contributed by atoms with Gasteiger partial charge in [-0.05, 0) is 37.1 Å². The molecule has 2 aromatic heterocycles. The topological polar surface area (TPSA) is 80.1 Å². The Hall–Kier alpha value is -3.77. The van der Waals surface area contributed by atoms with Crippen molar-refractivity contribution in [2.24, 2.45) is 5.92 Å². The van der Waals surface area contributed by atoms with Gasteiger partial charge in [0.25, 0.3) is 11.8 Å². The van der Waals surface area contributed by atoms with Crippen molar-refractivity contribution in [1.82, 2.24) is 19.7 Å². The molecule has 186 valence electrons. The molecule has 1 aliphatic heterocycles. The highest BCUT2D eigenvalue weighted by Crippen LogP contribution is 2.34. The van der Waals surface area contributed by atoms with E-state index in [1.54, 1.807) is 19.2 Å². The van der Waals surface area contributed by atoms with Gasteiger partial charge in [-0.25, -0.2) is 13.8 Å². The molecule has 4 rings (SSSR count). The average Bonchev–Trinajstić information content (AvgIpc) is 3.21. The number of hydrogen-bond donors (Lipinski definition) is 1. The van der Waals surface area contributed by atoms with Gasteiger partial charge in [0.1, 0.15) is 11.5 Å². The Balaban J connectivity index is 1.48. The summed E-state index contributed by atoms with van der Waals surface area (Å²) in [7, 11) is 0. The number of rotatable bonds is 4. The largest absolute Gasteiger partial charge is 0.337 e. The van der Waals surface area contributed by atoms with Gasteiger partial charge in [-0.1, -0.05) is 41.6 Å². The smallest absolute Gasteiger partial charge is 0.276 e. The fraction of sp³-hybridized carbons (Fsp3) is 0.308. The summed E-state index contributed by atoms with van der Waals surface area (Å²) < 4.78 is 30.6. The fourth-order valence-electron chi connectivity index (χ4n) is 4.02. The van der Waals surface area contributed by atoms with Crippen molar-refractivity contribution in [3.05, 3.63) is 76.2 Å². The minimum atomic E-state index is -3.12. The third kappa shape index (κ3) is 5.71. The number of piperidine rings is 1. The van der Waals surface area contributed by atoms with Crippen LogP contribution >= 0.6 is 11.6 Å². The number of pyridine rings is 1.